The molecular formula is C14H15F3O6Si. The second kappa shape index (κ2) is 7.95. The molecule has 132 valence electrons. The van der Waals surface area contributed by atoms with Crippen molar-refractivity contribution in [1.82, 2.24) is 0 Å². The highest BCUT2D eigenvalue weighted by atomic mass is 28.4. The summed E-state index contributed by atoms with van der Waals surface area (Å²) in [6.07, 6.45) is -0.316. The van der Waals surface area contributed by atoms with Crippen molar-refractivity contribution >= 4 is 26.7 Å². The predicted octanol–water partition coefficient (Wildman–Crippen LogP) is 2.27. The maximum absolute atomic E-state index is 13.7. The summed E-state index contributed by atoms with van der Waals surface area (Å²) in [5.41, 5.74) is -0.253. The Kier molecular flexibility index (Phi) is 6.52. The molecule has 0 amide bonds. The van der Waals surface area contributed by atoms with E-state index in [0.717, 1.165) is 20.8 Å². The molecule has 24 heavy (non-hydrogen) atoms. The highest BCUT2D eigenvalue weighted by Crippen LogP contribution is 2.23. The van der Waals surface area contributed by atoms with Crippen LogP contribution in [0.1, 0.15) is 26.3 Å². The number of carbonyl (C=O) groups excluding carboxylic acids is 3. The molecule has 0 fully saturated rings. The number of aryl methyl sites for hydroxylation is 1. The van der Waals surface area contributed by atoms with Crippen molar-refractivity contribution < 1.29 is 40.8 Å². The third-order valence-electron chi connectivity index (χ3n) is 2.69. The zero-order valence-corrected chi connectivity index (χ0v) is 14.2. The molecule has 0 N–H and O–H groups in total. The highest BCUT2D eigenvalue weighted by molar-refractivity contribution is 6.65. The van der Waals surface area contributed by atoms with E-state index in [9.17, 15) is 27.6 Å². The third kappa shape index (κ3) is 5.69. The summed E-state index contributed by atoms with van der Waals surface area (Å²) in [5, 5.41) is 0. The number of halogens is 3. The first-order valence-corrected chi connectivity index (χ1v) is 8.70. The van der Waals surface area contributed by atoms with Crippen LogP contribution in [0.2, 0.25) is 6.04 Å². The molecule has 10 heteroatoms. The number of carbonyl (C=O) groups is 3. The summed E-state index contributed by atoms with van der Waals surface area (Å²) in [5.74, 6) is -6.31. The zero-order valence-electron chi connectivity index (χ0n) is 13.2. The zero-order chi connectivity index (χ0) is 18.5. The lowest BCUT2D eigenvalue weighted by Crippen LogP contribution is -2.49. The molecule has 0 spiro atoms. The van der Waals surface area contributed by atoms with Gasteiger partial charge in [-0.15, -0.1) is 0 Å². The Morgan fingerprint density at radius 1 is 0.833 bits per heavy atom. The van der Waals surface area contributed by atoms with Gasteiger partial charge in [0.05, 0.1) is 6.04 Å². The van der Waals surface area contributed by atoms with Gasteiger partial charge in [-0.1, -0.05) is 0 Å². The molecule has 0 heterocycles. The van der Waals surface area contributed by atoms with Crippen LogP contribution in [0.5, 0.6) is 0 Å². The Bertz CT molecular complexity index is 623. The summed E-state index contributed by atoms with van der Waals surface area (Å²) < 4.78 is 54.5. The van der Waals surface area contributed by atoms with Crippen LogP contribution in [0.25, 0.3) is 0 Å². The number of hydrogen-bond donors (Lipinski definition) is 0. The van der Waals surface area contributed by atoms with Gasteiger partial charge in [0.25, 0.3) is 17.9 Å². The summed E-state index contributed by atoms with van der Waals surface area (Å²) in [7, 11) is -4.15. The minimum atomic E-state index is -4.15. The summed E-state index contributed by atoms with van der Waals surface area (Å²) in [6, 6.07) is 0.601. The Morgan fingerprint density at radius 2 is 1.25 bits per heavy atom. The maximum Gasteiger partial charge on any atom is 0.705 e. The molecule has 0 bridgehead atoms. The molecule has 1 aromatic carbocycles. The lowest BCUT2D eigenvalue weighted by Gasteiger charge is -2.26. The van der Waals surface area contributed by atoms with Crippen molar-refractivity contribution in [3.8, 4) is 0 Å². The fraction of sp³-hybridized carbons (Fsp3) is 0.357. The van der Waals surface area contributed by atoms with Crippen molar-refractivity contribution in [1.29, 1.82) is 0 Å². The SMILES string of the molecule is CC(=O)O[Si](CCc1cc(F)c(F)cc1F)(OC(C)=O)OC(C)=O. The van der Waals surface area contributed by atoms with Gasteiger partial charge in [-0.3, -0.25) is 14.4 Å². The molecule has 0 unspecified atom stereocenters. The molecule has 0 saturated carbocycles. The van der Waals surface area contributed by atoms with Gasteiger partial charge < -0.3 is 13.3 Å². The smallest absolute Gasteiger partial charge is 0.455 e. The monoisotopic (exact) mass is 364 g/mol. The van der Waals surface area contributed by atoms with E-state index in [2.05, 4.69) is 0 Å². The van der Waals surface area contributed by atoms with E-state index >= 15 is 0 Å². The van der Waals surface area contributed by atoms with E-state index in [1.54, 1.807) is 0 Å². The number of hydrogen-bond acceptors (Lipinski definition) is 6. The van der Waals surface area contributed by atoms with Gasteiger partial charge in [0.15, 0.2) is 11.6 Å². The van der Waals surface area contributed by atoms with Crippen LogP contribution in [0, 0.1) is 17.5 Å². The van der Waals surface area contributed by atoms with Gasteiger partial charge >= 0.3 is 8.80 Å². The first kappa shape index (κ1) is 19.7. The molecule has 0 aliphatic rings. The van der Waals surface area contributed by atoms with Crippen LogP contribution in [0.4, 0.5) is 13.2 Å². The molecule has 0 aliphatic carbocycles. The molecule has 0 saturated heterocycles. The Balaban J connectivity index is 3.10. The van der Waals surface area contributed by atoms with Crippen LogP contribution < -0.4 is 0 Å². The highest BCUT2D eigenvalue weighted by Gasteiger charge is 2.51. The quantitative estimate of drug-likeness (QED) is 0.569. The normalized spacial score (nSPS) is 10.9. The molecule has 0 aromatic heterocycles. The standard InChI is InChI=1S/C14H15F3O6Si/c1-8(18)21-24(22-9(2)19,23-10(3)20)5-4-11-6-13(16)14(17)7-12(11)15/h6-7H,4-5H2,1-3H3. The van der Waals surface area contributed by atoms with E-state index in [-0.39, 0.29) is 18.0 Å². The van der Waals surface area contributed by atoms with Crippen LogP contribution in [0.3, 0.4) is 0 Å². The number of rotatable bonds is 6. The number of benzene rings is 1. The molecule has 6 nitrogen and oxygen atoms in total. The fourth-order valence-corrected chi connectivity index (χ4v) is 4.24. The van der Waals surface area contributed by atoms with E-state index in [0.29, 0.717) is 12.1 Å². The van der Waals surface area contributed by atoms with E-state index in [1.165, 1.54) is 0 Å². The Hall–Kier alpha value is -2.36. The van der Waals surface area contributed by atoms with Gasteiger partial charge in [0.1, 0.15) is 5.82 Å². The van der Waals surface area contributed by atoms with Crippen molar-refractivity contribution in [2.45, 2.75) is 33.2 Å². The largest absolute Gasteiger partial charge is 0.705 e. The Morgan fingerprint density at radius 3 is 1.67 bits per heavy atom. The Labute approximate surface area is 136 Å². The predicted molar refractivity (Wildman–Crippen MR) is 75.9 cm³/mol. The average molecular weight is 364 g/mol. The summed E-state index contributed by atoms with van der Waals surface area (Å²) >= 11 is 0. The first-order chi connectivity index (χ1) is 11.0. The minimum absolute atomic E-state index is 0.253. The van der Waals surface area contributed by atoms with Crippen LogP contribution >= 0.6 is 0 Å². The van der Waals surface area contributed by atoms with Crippen molar-refractivity contribution in [2.24, 2.45) is 0 Å². The lowest BCUT2D eigenvalue weighted by molar-refractivity contribution is -0.147. The topological polar surface area (TPSA) is 78.9 Å². The first-order valence-electron chi connectivity index (χ1n) is 6.77. The van der Waals surface area contributed by atoms with Gasteiger partial charge in [0, 0.05) is 26.8 Å². The van der Waals surface area contributed by atoms with Gasteiger partial charge in [-0.2, -0.15) is 0 Å². The second-order valence-corrected chi connectivity index (χ2v) is 7.30. The summed E-state index contributed by atoms with van der Waals surface area (Å²) in [6.45, 7) is 3.02. The van der Waals surface area contributed by atoms with Gasteiger partial charge in [0.2, 0.25) is 0 Å². The van der Waals surface area contributed by atoms with E-state index in [1.807, 2.05) is 0 Å². The molecule has 1 rings (SSSR count). The van der Waals surface area contributed by atoms with Crippen LogP contribution in [0.15, 0.2) is 12.1 Å². The average Bonchev–Trinajstić information content (AvgIpc) is 2.39. The fourth-order valence-electron chi connectivity index (χ4n) is 1.92. The summed E-state index contributed by atoms with van der Waals surface area (Å²) in [4.78, 5) is 33.7. The molecular weight excluding hydrogens is 349 g/mol. The molecule has 0 aliphatic heterocycles. The van der Waals surface area contributed by atoms with Crippen LogP contribution in [-0.2, 0) is 34.1 Å². The van der Waals surface area contributed by atoms with Gasteiger partial charge in [-0.25, -0.2) is 13.2 Å². The molecule has 0 radical (unpaired) electrons. The minimum Gasteiger partial charge on any atom is -0.455 e. The second-order valence-electron chi connectivity index (χ2n) is 4.82. The van der Waals surface area contributed by atoms with Crippen molar-refractivity contribution in [3.05, 3.63) is 35.1 Å². The van der Waals surface area contributed by atoms with Crippen LogP contribution in [-0.4, -0.2) is 26.7 Å². The van der Waals surface area contributed by atoms with Gasteiger partial charge in [-0.05, 0) is 18.1 Å². The molecule has 0 atom stereocenters. The molecule has 1 aromatic rings. The van der Waals surface area contributed by atoms with Crippen molar-refractivity contribution in [3.63, 3.8) is 0 Å². The third-order valence-corrected chi connectivity index (χ3v) is 5.35. The maximum atomic E-state index is 13.7. The van der Waals surface area contributed by atoms with Crippen molar-refractivity contribution in [2.75, 3.05) is 0 Å². The van der Waals surface area contributed by atoms with E-state index in [4.69, 9.17) is 13.3 Å². The lowest BCUT2D eigenvalue weighted by atomic mass is 10.1. The van der Waals surface area contributed by atoms with E-state index < -0.39 is 44.2 Å².